The first kappa shape index (κ1) is 33.7. The molecule has 0 radical (unpaired) electrons. The molecule has 2 aromatic rings. The summed E-state index contributed by atoms with van der Waals surface area (Å²) in [5.74, 6) is -17.6. The lowest BCUT2D eigenvalue weighted by Crippen LogP contribution is -2.60. The van der Waals surface area contributed by atoms with Crippen LogP contribution in [0.4, 0.5) is 43.9 Å². The molecular formula is C27H35F10N2O+. The summed E-state index contributed by atoms with van der Waals surface area (Å²) in [6.45, 7) is 3.20. The van der Waals surface area contributed by atoms with Crippen LogP contribution in [-0.2, 0) is 13.1 Å². The Morgan fingerprint density at radius 2 is 1.32 bits per heavy atom. The number of hydrogen-bond donors (Lipinski definition) is 0. The Balaban J connectivity index is 1.62. The number of halogens is 10. The van der Waals surface area contributed by atoms with Gasteiger partial charge in [-0.3, -0.25) is 0 Å². The van der Waals surface area contributed by atoms with Gasteiger partial charge in [-0.1, -0.05) is 38.5 Å². The van der Waals surface area contributed by atoms with Crippen LogP contribution in [0.2, 0.25) is 0 Å². The van der Waals surface area contributed by atoms with Crippen molar-refractivity contribution in [3.05, 3.63) is 47.8 Å². The Morgan fingerprint density at radius 3 is 1.88 bits per heavy atom. The van der Waals surface area contributed by atoms with Crippen molar-refractivity contribution in [2.24, 2.45) is 0 Å². The van der Waals surface area contributed by atoms with E-state index in [0.29, 0.717) is 25.1 Å². The van der Waals surface area contributed by atoms with Gasteiger partial charge in [0.05, 0.1) is 13.7 Å². The molecule has 0 unspecified atom stereocenters. The second-order valence-electron chi connectivity index (χ2n) is 9.91. The Bertz CT molecular complexity index is 1070. The molecule has 0 spiro atoms. The van der Waals surface area contributed by atoms with Gasteiger partial charge in [0.15, 0.2) is 0 Å². The van der Waals surface area contributed by atoms with Gasteiger partial charge in [0.2, 0.25) is 0 Å². The first-order chi connectivity index (χ1) is 18.5. The van der Waals surface area contributed by atoms with E-state index >= 15 is 0 Å². The quantitative estimate of drug-likeness (QED) is 0.102. The lowest BCUT2D eigenvalue weighted by molar-refractivity contribution is -0.694. The molecular weight excluding hydrogens is 558 g/mol. The highest BCUT2D eigenvalue weighted by atomic mass is 19.4. The normalized spacial score (nSPS) is 13.2. The fraction of sp³-hybridized carbons (Fsp3) is 0.667. The number of methoxy groups -OCH3 is 1. The van der Waals surface area contributed by atoms with Crippen molar-refractivity contribution in [1.29, 1.82) is 0 Å². The summed E-state index contributed by atoms with van der Waals surface area (Å²) in [4.78, 5) is 0. The molecule has 0 saturated carbocycles. The van der Waals surface area contributed by atoms with Crippen LogP contribution >= 0.6 is 0 Å². The van der Waals surface area contributed by atoms with Crippen LogP contribution in [0, 0.1) is 12.7 Å². The number of benzene rings is 1. The lowest BCUT2D eigenvalue weighted by atomic mass is 9.97. The molecule has 40 heavy (non-hydrogen) atoms. The van der Waals surface area contributed by atoms with Crippen LogP contribution in [0.1, 0.15) is 75.6 Å². The average Bonchev–Trinajstić information content (AvgIpc) is 3.20. The van der Waals surface area contributed by atoms with E-state index in [1.165, 1.54) is 19.2 Å². The van der Waals surface area contributed by atoms with Gasteiger partial charge in [-0.2, -0.15) is 39.5 Å². The first-order valence-electron chi connectivity index (χ1n) is 13.1. The molecule has 0 N–H and O–H groups in total. The summed E-state index contributed by atoms with van der Waals surface area (Å²) < 4.78 is 139. The van der Waals surface area contributed by atoms with Gasteiger partial charge in [-0.05, 0) is 37.5 Å². The lowest BCUT2D eigenvalue weighted by Gasteiger charge is -2.33. The Hall–Kier alpha value is -2.47. The van der Waals surface area contributed by atoms with E-state index in [-0.39, 0.29) is 12.2 Å². The zero-order valence-corrected chi connectivity index (χ0v) is 22.5. The van der Waals surface area contributed by atoms with Gasteiger partial charge in [0.25, 0.3) is 5.82 Å². The van der Waals surface area contributed by atoms with E-state index in [2.05, 4.69) is 4.57 Å². The van der Waals surface area contributed by atoms with E-state index < -0.39 is 36.8 Å². The predicted octanol–water partition coefficient (Wildman–Crippen LogP) is 8.65. The van der Waals surface area contributed by atoms with Crippen molar-refractivity contribution in [2.75, 3.05) is 7.11 Å². The first-order valence-corrected chi connectivity index (χ1v) is 13.1. The second kappa shape index (κ2) is 13.9. The topological polar surface area (TPSA) is 18.0 Å². The number of rotatable bonds is 17. The van der Waals surface area contributed by atoms with Gasteiger partial charge < -0.3 is 4.74 Å². The zero-order valence-electron chi connectivity index (χ0n) is 22.5. The third-order valence-electron chi connectivity index (χ3n) is 6.94. The third-order valence-corrected chi connectivity index (χ3v) is 6.94. The summed E-state index contributed by atoms with van der Waals surface area (Å²) in [6, 6.07) is 4.37. The van der Waals surface area contributed by atoms with Crippen molar-refractivity contribution < 1.29 is 53.2 Å². The number of unbranched alkanes of at least 4 members (excludes halogenated alkanes) is 8. The number of imidazole rings is 1. The smallest absolute Gasteiger partial charge is 0.460 e. The van der Waals surface area contributed by atoms with Crippen LogP contribution < -0.4 is 9.30 Å². The van der Waals surface area contributed by atoms with Crippen molar-refractivity contribution in [3.8, 4) is 5.75 Å². The second-order valence-corrected chi connectivity index (χ2v) is 9.91. The molecule has 0 atom stereocenters. The monoisotopic (exact) mass is 593 g/mol. The number of aromatic nitrogens is 2. The highest BCUT2D eigenvalue weighted by molar-refractivity contribution is 5.33. The van der Waals surface area contributed by atoms with Crippen LogP contribution in [0.25, 0.3) is 0 Å². The van der Waals surface area contributed by atoms with E-state index in [1.54, 1.807) is 6.07 Å². The molecule has 1 aromatic carbocycles. The zero-order chi connectivity index (χ0) is 30.2. The molecule has 0 bridgehead atoms. The van der Waals surface area contributed by atoms with Crippen molar-refractivity contribution in [3.63, 3.8) is 0 Å². The van der Waals surface area contributed by atoms with Gasteiger partial charge >= 0.3 is 23.9 Å². The minimum atomic E-state index is -6.82. The molecule has 1 heterocycles. The Morgan fingerprint density at radius 1 is 0.775 bits per heavy atom. The molecule has 0 aliphatic carbocycles. The van der Waals surface area contributed by atoms with Gasteiger partial charge in [0.1, 0.15) is 30.5 Å². The van der Waals surface area contributed by atoms with Crippen LogP contribution in [0.5, 0.6) is 5.75 Å². The molecule has 1 aromatic heterocycles. The number of aryl methyl sites for hydroxylation is 1. The summed E-state index contributed by atoms with van der Waals surface area (Å²) in [5.41, 5.74) is 0.725. The molecule has 0 aliphatic rings. The predicted molar refractivity (Wildman–Crippen MR) is 128 cm³/mol. The molecule has 2 rings (SSSR count). The number of alkyl halides is 9. The summed E-state index contributed by atoms with van der Waals surface area (Å²) >= 11 is 0. The Kier molecular flexibility index (Phi) is 11.8. The molecule has 13 heteroatoms. The Labute approximate surface area is 227 Å². The van der Waals surface area contributed by atoms with Crippen molar-refractivity contribution in [1.82, 2.24) is 4.57 Å². The minimum Gasteiger partial charge on any atom is -0.496 e. The maximum absolute atomic E-state index is 13.6. The molecule has 0 fully saturated rings. The van der Waals surface area contributed by atoms with Crippen LogP contribution in [-0.4, -0.2) is 35.6 Å². The van der Waals surface area contributed by atoms with Crippen molar-refractivity contribution in [2.45, 2.75) is 108 Å². The maximum Gasteiger partial charge on any atom is 0.460 e. The van der Waals surface area contributed by atoms with Crippen LogP contribution in [0.3, 0.4) is 0 Å². The number of nitrogens with zero attached hydrogens (tertiary/aromatic N) is 2. The highest BCUT2D eigenvalue weighted by Gasteiger charge is 2.81. The summed E-state index contributed by atoms with van der Waals surface area (Å²) in [7, 11) is 1.53. The summed E-state index contributed by atoms with van der Waals surface area (Å²) in [5, 5.41) is 0. The van der Waals surface area contributed by atoms with Gasteiger partial charge in [0, 0.05) is 18.9 Å². The average molecular weight is 594 g/mol. The van der Waals surface area contributed by atoms with Gasteiger partial charge in [-0.15, -0.1) is 0 Å². The standard InChI is InChI=1S/C27H35F10N2O/c1-20-38(16-17-39(20)19-21-18-22(28)12-13-23(21)40-2)15-11-9-7-5-3-4-6-8-10-14-24(29,30)25(31,32)26(33,34)27(35,36)37/h12-13,16-18H,3-11,14-15,19H2,1-2H3/q+1. The molecule has 0 aliphatic heterocycles. The summed E-state index contributed by atoms with van der Waals surface area (Å²) in [6.07, 6.45) is 0.150. The molecule has 0 amide bonds. The number of ether oxygens (including phenoxy) is 1. The molecule has 0 saturated heterocycles. The third kappa shape index (κ3) is 8.28. The SMILES string of the molecule is COc1ccc(F)cc1C[n+]1ccn(CCCCCCCCCCCC(F)(F)C(F)(F)C(F)(F)C(F)(F)F)c1C. The largest absolute Gasteiger partial charge is 0.496 e. The molecule has 3 nitrogen and oxygen atoms in total. The van der Waals surface area contributed by atoms with E-state index in [4.69, 9.17) is 4.74 Å². The minimum absolute atomic E-state index is 0.0255. The van der Waals surface area contributed by atoms with Crippen molar-refractivity contribution >= 4 is 0 Å². The molecule has 228 valence electrons. The van der Waals surface area contributed by atoms with E-state index in [0.717, 1.165) is 50.0 Å². The van der Waals surface area contributed by atoms with E-state index in [9.17, 15) is 43.9 Å². The van der Waals surface area contributed by atoms with Crippen LogP contribution in [0.15, 0.2) is 30.6 Å². The number of hydrogen-bond acceptors (Lipinski definition) is 1. The fourth-order valence-electron chi connectivity index (χ4n) is 4.43. The fourth-order valence-corrected chi connectivity index (χ4v) is 4.43. The highest BCUT2D eigenvalue weighted by Crippen LogP contribution is 2.54. The maximum atomic E-state index is 13.6. The van der Waals surface area contributed by atoms with Gasteiger partial charge in [-0.25, -0.2) is 13.5 Å². The van der Waals surface area contributed by atoms with E-state index in [1.807, 2.05) is 23.9 Å².